The van der Waals surface area contributed by atoms with Crippen LogP contribution in [0, 0.1) is 6.92 Å². The maximum absolute atomic E-state index is 12.4. The van der Waals surface area contributed by atoms with Crippen LogP contribution in [0.4, 0.5) is 0 Å². The molecule has 0 saturated heterocycles. The van der Waals surface area contributed by atoms with Crippen LogP contribution in [0.5, 0.6) is 0 Å². The number of likely N-dealkylation sites (N-methyl/N-ethyl adjacent to an activating group) is 2. The first-order valence-corrected chi connectivity index (χ1v) is 6.73. The summed E-state index contributed by atoms with van der Waals surface area (Å²) in [7, 11) is 5.69. The molecule has 0 spiro atoms. The Morgan fingerprint density at radius 1 is 1.19 bits per heavy atom. The molecule has 21 heavy (non-hydrogen) atoms. The van der Waals surface area contributed by atoms with Gasteiger partial charge in [-0.25, -0.2) is 4.79 Å². The number of carboxylic acids is 1. The largest absolute Gasteiger partial charge is 0.478 e. The number of aliphatic carboxylic acids is 1. The molecule has 0 fully saturated rings. The Morgan fingerprint density at radius 3 is 2.43 bits per heavy atom. The predicted octanol–water partition coefficient (Wildman–Crippen LogP) is 1.73. The molecule has 0 atom stereocenters. The molecule has 0 unspecified atom stereocenters. The van der Waals surface area contributed by atoms with E-state index in [0.29, 0.717) is 17.7 Å². The van der Waals surface area contributed by atoms with Crippen molar-refractivity contribution in [2.75, 3.05) is 34.2 Å². The number of carbonyl (C=O) groups is 2. The van der Waals surface area contributed by atoms with Gasteiger partial charge >= 0.3 is 5.97 Å². The van der Waals surface area contributed by atoms with E-state index in [9.17, 15) is 9.59 Å². The Morgan fingerprint density at radius 2 is 1.86 bits per heavy atom. The summed E-state index contributed by atoms with van der Waals surface area (Å²) in [4.78, 5) is 26.7. The summed E-state index contributed by atoms with van der Waals surface area (Å²) >= 11 is 0. The third-order valence-electron chi connectivity index (χ3n) is 3.14. The zero-order valence-electron chi connectivity index (χ0n) is 13.0. The van der Waals surface area contributed by atoms with Gasteiger partial charge in [0.25, 0.3) is 5.91 Å². The zero-order chi connectivity index (χ0) is 16.0. The minimum atomic E-state index is -1.01. The second kappa shape index (κ2) is 7.59. The Kier molecular flexibility index (Phi) is 6.11. The number of hydrogen-bond acceptors (Lipinski definition) is 3. The maximum atomic E-state index is 12.4. The summed E-state index contributed by atoms with van der Waals surface area (Å²) in [5.74, 6) is -1.06. The summed E-state index contributed by atoms with van der Waals surface area (Å²) in [6, 6.07) is 5.35. The molecule has 5 heteroatoms. The molecule has 1 N–H and O–H groups in total. The van der Waals surface area contributed by atoms with Crippen molar-refractivity contribution in [3.8, 4) is 0 Å². The van der Waals surface area contributed by atoms with E-state index < -0.39 is 5.97 Å². The summed E-state index contributed by atoms with van der Waals surface area (Å²) in [6.45, 7) is 3.30. The zero-order valence-corrected chi connectivity index (χ0v) is 13.0. The van der Waals surface area contributed by atoms with Crippen molar-refractivity contribution in [2.24, 2.45) is 0 Å². The lowest BCUT2D eigenvalue weighted by Gasteiger charge is -2.20. The van der Waals surface area contributed by atoms with E-state index >= 15 is 0 Å². The van der Waals surface area contributed by atoms with Gasteiger partial charge in [0.05, 0.1) is 0 Å². The van der Waals surface area contributed by atoms with Crippen LogP contribution in [0.15, 0.2) is 24.3 Å². The highest BCUT2D eigenvalue weighted by Crippen LogP contribution is 2.14. The van der Waals surface area contributed by atoms with Gasteiger partial charge in [-0.1, -0.05) is 12.1 Å². The fourth-order valence-electron chi connectivity index (χ4n) is 1.80. The van der Waals surface area contributed by atoms with Gasteiger partial charge in [-0.05, 0) is 44.3 Å². The number of hydrogen-bond donors (Lipinski definition) is 1. The number of amides is 1. The number of aryl methyl sites for hydroxylation is 1. The van der Waals surface area contributed by atoms with Gasteiger partial charge in [-0.2, -0.15) is 0 Å². The van der Waals surface area contributed by atoms with Crippen molar-refractivity contribution in [1.82, 2.24) is 9.80 Å². The predicted molar refractivity (Wildman–Crippen MR) is 83.4 cm³/mol. The topological polar surface area (TPSA) is 60.9 Å². The van der Waals surface area contributed by atoms with E-state index in [-0.39, 0.29) is 5.91 Å². The SMILES string of the molecule is Cc1ccc(C=CC(=O)O)cc1C(=O)N(C)CCN(C)C. The van der Waals surface area contributed by atoms with Crippen LogP contribution in [-0.4, -0.2) is 61.0 Å². The second-order valence-corrected chi connectivity index (χ2v) is 5.28. The van der Waals surface area contributed by atoms with Crippen LogP contribution in [0.3, 0.4) is 0 Å². The monoisotopic (exact) mass is 290 g/mol. The summed E-state index contributed by atoms with van der Waals surface area (Å²) < 4.78 is 0. The van der Waals surface area contributed by atoms with Crippen molar-refractivity contribution < 1.29 is 14.7 Å². The highest BCUT2D eigenvalue weighted by molar-refractivity contribution is 5.96. The molecule has 0 saturated carbocycles. The van der Waals surface area contributed by atoms with Gasteiger partial charge in [-0.15, -0.1) is 0 Å². The molecule has 0 bridgehead atoms. The first-order chi connectivity index (χ1) is 9.81. The van der Waals surface area contributed by atoms with Gasteiger partial charge in [0.2, 0.25) is 0 Å². The number of rotatable bonds is 6. The van der Waals surface area contributed by atoms with Gasteiger partial charge in [0.1, 0.15) is 0 Å². The maximum Gasteiger partial charge on any atom is 0.328 e. The van der Waals surface area contributed by atoms with Gasteiger partial charge in [0, 0.05) is 31.8 Å². The third kappa shape index (κ3) is 5.39. The van der Waals surface area contributed by atoms with E-state index in [0.717, 1.165) is 18.2 Å². The summed E-state index contributed by atoms with van der Waals surface area (Å²) in [5, 5.41) is 8.65. The number of carboxylic acid groups (broad SMARTS) is 1. The van der Waals surface area contributed by atoms with E-state index in [4.69, 9.17) is 5.11 Å². The average Bonchev–Trinajstić information content (AvgIpc) is 2.42. The standard InChI is InChI=1S/C16H22N2O3/c1-12-5-6-13(7-8-15(19)20)11-14(12)16(21)18(4)10-9-17(2)3/h5-8,11H,9-10H2,1-4H3,(H,19,20). The molecule has 1 amide bonds. The Hall–Kier alpha value is -2.14. The number of nitrogens with zero attached hydrogens (tertiary/aromatic N) is 2. The van der Waals surface area contributed by atoms with Crippen LogP contribution < -0.4 is 0 Å². The lowest BCUT2D eigenvalue weighted by molar-refractivity contribution is -0.131. The smallest absolute Gasteiger partial charge is 0.328 e. The van der Waals surface area contributed by atoms with Gasteiger partial charge < -0.3 is 14.9 Å². The Labute approximate surface area is 125 Å². The highest BCUT2D eigenvalue weighted by Gasteiger charge is 2.14. The highest BCUT2D eigenvalue weighted by atomic mass is 16.4. The van der Waals surface area contributed by atoms with Crippen molar-refractivity contribution >= 4 is 18.0 Å². The number of carbonyl (C=O) groups excluding carboxylic acids is 1. The average molecular weight is 290 g/mol. The molecule has 0 aliphatic rings. The molecule has 1 aromatic carbocycles. The molecule has 0 heterocycles. The Balaban J connectivity index is 2.92. The minimum Gasteiger partial charge on any atom is -0.478 e. The Bertz CT molecular complexity index is 550. The summed E-state index contributed by atoms with van der Waals surface area (Å²) in [5.41, 5.74) is 2.18. The third-order valence-corrected chi connectivity index (χ3v) is 3.14. The molecule has 114 valence electrons. The van der Waals surface area contributed by atoms with E-state index in [1.807, 2.05) is 32.0 Å². The molecule has 1 rings (SSSR count). The molecule has 0 aromatic heterocycles. The van der Waals surface area contributed by atoms with Crippen LogP contribution in [0.2, 0.25) is 0 Å². The first-order valence-electron chi connectivity index (χ1n) is 6.73. The van der Waals surface area contributed by atoms with E-state index in [1.54, 1.807) is 24.1 Å². The van der Waals surface area contributed by atoms with Crippen molar-refractivity contribution in [3.63, 3.8) is 0 Å². The molecular weight excluding hydrogens is 268 g/mol. The van der Waals surface area contributed by atoms with Crippen LogP contribution in [0.25, 0.3) is 6.08 Å². The first kappa shape index (κ1) is 16.9. The van der Waals surface area contributed by atoms with Gasteiger partial charge in [0.15, 0.2) is 0 Å². The van der Waals surface area contributed by atoms with E-state index in [2.05, 4.69) is 0 Å². The lowest BCUT2D eigenvalue weighted by atomic mass is 10.0. The fraction of sp³-hybridized carbons (Fsp3) is 0.375. The molecule has 1 aromatic rings. The normalized spacial score (nSPS) is 11.1. The molecular formula is C16H22N2O3. The molecule has 0 radical (unpaired) electrons. The van der Waals surface area contributed by atoms with Crippen LogP contribution in [-0.2, 0) is 4.79 Å². The molecule has 5 nitrogen and oxygen atoms in total. The molecule has 0 aliphatic heterocycles. The van der Waals surface area contributed by atoms with Crippen molar-refractivity contribution in [2.45, 2.75) is 6.92 Å². The quantitative estimate of drug-likeness (QED) is 0.811. The summed E-state index contributed by atoms with van der Waals surface area (Å²) in [6.07, 6.45) is 2.55. The minimum absolute atomic E-state index is 0.0556. The van der Waals surface area contributed by atoms with Crippen molar-refractivity contribution in [1.29, 1.82) is 0 Å². The van der Waals surface area contributed by atoms with Gasteiger partial charge in [-0.3, -0.25) is 4.79 Å². The number of benzene rings is 1. The van der Waals surface area contributed by atoms with Crippen molar-refractivity contribution in [3.05, 3.63) is 41.0 Å². The molecule has 0 aliphatic carbocycles. The second-order valence-electron chi connectivity index (χ2n) is 5.28. The van der Waals surface area contributed by atoms with E-state index in [1.165, 1.54) is 6.08 Å². The lowest BCUT2D eigenvalue weighted by Crippen LogP contribution is -2.33. The van der Waals surface area contributed by atoms with Crippen LogP contribution >= 0.6 is 0 Å². The fourth-order valence-corrected chi connectivity index (χ4v) is 1.80. The van der Waals surface area contributed by atoms with Crippen LogP contribution in [0.1, 0.15) is 21.5 Å².